The number of aromatic amines is 2. The number of H-pyrrole nitrogens is 2. The average Bonchev–Trinajstić information content (AvgIpc) is 3.58. The molecule has 0 spiro atoms. The van der Waals surface area contributed by atoms with Crippen LogP contribution in [0.3, 0.4) is 0 Å². The Morgan fingerprint density at radius 2 is 1.74 bits per heavy atom. The minimum atomic E-state index is 0.244. The normalized spacial score (nSPS) is 17.4. The van der Waals surface area contributed by atoms with E-state index in [-0.39, 0.29) is 6.10 Å². The molecule has 0 saturated carbocycles. The second-order valence-corrected chi connectivity index (χ2v) is 10.5. The highest BCUT2D eigenvalue weighted by Gasteiger charge is 2.19. The molecule has 0 atom stereocenters. The van der Waals surface area contributed by atoms with Crippen LogP contribution < -0.4 is 15.0 Å². The summed E-state index contributed by atoms with van der Waals surface area (Å²) in [6, 6.07) is 17.3. The highest BCUT2D eigenvalue weighted by atomic mass is 16.5. The Bertz CT molecular complexity index is 1570. The van der Waals surface area contributed by atoms with Gasteiger partial charge in [0.05, 0.1) is 17.4 Å². The van der Waals surface area contributed by atoms with E-state index in [0.717, 1.165) is 96.8 Å². The van der Waals surface area contributed by atoms with Crippen molar-refractivity contribution < 1.29 is 4.74 Å². The van der Waals surface area contributed by atoms with Crippen LogP contribution in [0.4, 0.5) is 5.69 Å². The van der Waals surface area contributed by atoms with Gasteiger partial charge in [-0.3, -0.25) is 10.1 Å². The summed E-state index contributed by atoms with van der Waals surface area (Å²) in [5, 5.41) is 13.7. The van der Waals surface area contributed by atoms with E-state index in [1.165, 1.54) is 11.1 Å². The third-order valence-corrected chi connectivity index (χ3v) is 7.94. The molecule has 2 fully saturated rings. The van der Waals surface area contributed by atoms with Gasteiger partial charge < -0.3 is 24.8 Å². The molecule has 8 heteroatoms. The number of fused-ring (bicyclic) bond motifs is 2. The lowest BCUT2D eigenvalue weighted by Crippen LogP contribution is -2.44. The van der Waals surface area contributed by atoms with Crippen LogP contribution in [0.2, 0.25) is 0 Å². The molecule has 2 saturated heterocycles. The van der Waals surface area contributed by atoms with E-state index in [0.29, 0.717) is 0 Å². The Hall–Kier alpha value is -3.88. The van der Waals surface area contributed by atoms with E-state index < -0.39 is 0 Å². The van der Waals surface area contributed by atoms with Crippen LogP contribution in [0.5, 0.6) is 5.75 Å². The van der Waals surface area contributed by atoms with Crippen molar-refractivity contribution in [2.45, 2.75) is 18.9 Å². The fourth-order valence-electron chi connectivity index (χ4n) is 5.74. The predicted molar refractivity (Wildman–Crippen MR) is 153 cm³/mol. The van der Waals surface area contributed by atoms with Crippen molar-refractivity contribution >= 4 is 27.5 Å². The van der Waals surface area contributed by atoms with Crippen molar-refractivity contribution in [2.24, 2.45) is 0 Å². The molecule has 0 amide bonds. The fourth-order valence-corrected chi connectivity index (χ4v) is 5.74. The molecule has 2 aliphatic heterocycles. The minimum absolute atomic E-state index is 0.244. The maximum atomic E-state index is 6.25. The van der Waals surface area contributed by atoms with Gasteiger partial charge in [0.1, 0.15) is 17.5 Å². The highest BCUT2D eigenvalue weighted by Crippen LogP contribution is 2.35. The molecule has 3 N–H and O–H groups in total. The lowest BCUT2D eigenvalue weighted by Gasteiger charge is -2.34. The van der Waals surface area contributed by atoms with E-state index >= 15 is 0 Å². The Kier molecular flexibility index (Phi) is 5.98. The summed E-state index contributed by atoms with van der Waals surface area (Å²) in [6.07, 6.45) is 6.01. The van der Waals surface area contributed by atoms with Crippen LogP contribution >= 0.6 is 0 Å². The molecule has 0 unspecified atom stereocenters. The summed E-state index contributed by atoms with van der Waals surface area (Å²) in [4.78, 5) is 13.0. The van der Waals surface area contributed by atoms with Crippen molar-refractivity contribution in [3.8, 4) is 28.3 Å². The molecule has 0 bridgehead atoms. The number of ether oxygens (including phenoxy) is 1. The molecule has 8 nitrogen and oxygen atoms in total. The molecule has 194 valence electrons. The third-order valence-electron chi connectivity index (χ3n) is 7.94. The zero-order chi connectivity index (χ0) is 25.5. The smallest absolute Gasteiger partial charge is 0.138 e. The molecule has 2 aliphatic rings. The lowest BCUT2D eigenvalue weighted by molar-refractivity contribution is 0.162. The Morgan fingerprint density at radius 1 is 0.868 bits per heavy atom. The van der Waals surface area contributed by atoms with Gasteiger partial charge in [-0.2, -0.15) is 5.10 Å². The maximum Gasteiger partial charge on any atom is 0.138 e. The highest BCUT2D eigenvalue weighted by molar-refractivity contribution is 6.01. The maximum absolute atomic E-state index is 6.25. The van der Waals surface area contributed by atoms with Gasteiger partial charge in [0, 0.05) is 59.9 Å². The van der Waals surface area contributed by atoms with Crippen molar-refractivity contribution in [2.75, 3.05) is 51.2 Å². The Balaban J connectivity index is 1.22. The van der Waals surface area contributed by atoms with Gasteiger partial charge in [0.2, 0.25) is 0 Å². The first-order valence-electron chi connectivity index (χ1n) is 13.6. The number of nitrogens with one attached hydrogen (secondary N) is 3. The Morgan fingerprint density at radius 3 is 2.61 bits per heavy atom. The topological polar surface area (TPSA) is 85.1 Å². The number of aromatic nitrogens is 4. The summed E-state index contributed by atoms with van der Waals surface area (Å²) in [5.41, 5.74) is 7.52. The van der Waals surface area contributed by atoms with E-state index in [2.05, 4.69) is 85.8 Å². The van der Waals surface area contributed by atoms with Crippen LogP contribution in [0, 0.1) is 0 Å². The summed E-state index contributed by atoms with van der Waals surface area (Å²) in [5.74, 6) is 0.828. The predicted octanol–water partition coefficient (Wildman–Crippen LogP) is 4.66. The number of pyridine rings is 1. The molecule has 7 rings (SSSR count). The quantitative estimate of drug-likeness (QED) is 0.321. The number of hydrogen-bond acceptors (Lipinski definition) is 6. The minimum Gasteiger partial charge on any atom is -0.489 e. The molecule has 38 heavy (non-hydrogen) atoms. The average molecular weight is 508 g/mol. The van der Waals surface area contributed by atoms with E-state index in [1.54, 1.807) is 0 Å². The second kappa shape index (κ2) is 9.78. The number of nitrogens with zero attached hydrogens (tertiary/aromatic N) is 4. The summed E-state index contributed by atoms with van der Waals surface area (Å²) in [7, 11) is 2.19. The number of benzene rings is 2. The van der Waals surface area contributed by atoms with Gasteiger partial charge in [-0.1, -0.05) is 12.1 Å². The number of rotatable bonds is 5. The number of anilines is 1. The van der Waals surface area contributed by atoms with Crippen LogP contribution in [0.1, 0.15) is 12.8 Å². The van der Waals surface area contributed by atoms with Crippen molar-refractivity contribution in [3.05, 3.63) is 60.9 Å². The molecule has 2 aromatic carbocycles. The number of hydrogen-bond donors (Lipinski definition) is 3. The number of piperazine rings is 1. The monoisotopic (exact) mass is 507 g/mol. The molecule has 3 aromatic heterocycles. The Labute approximate surface area is 222 Å². The second-order valence-electron chi connectivity index (χ2n) is 10.5. The third kappa shape index (κ3) is 4.40. The zero-order valence-corrected chi connectivity index (χ0v) is 21.7. The molecule has 0 radical (unpaired) electrons. The van der Waals surface area contributed by atoms with Gasteiger partial charge in [-0.25, -0.2) is 0 Å². The molecule has 0 aliphatic carbocycles. The van der Waals surface area contributed by atoms with Gasteiger partial charge in [0.25, 0.3) is 0 Å². The van der Waals surface area contributed by atoms with Crippen molar-refractivity contribution in [1.29, 1.82) is 0 Å². The largest absolute Gasteiger partial charge is 0.489 e. The van der Waals surface area contributed by atoms with Crippen LogP contribution in [0.25, 0.3) is 44.3 Å². The van der Waals surface area contributed by atoms with Gasteiger partial charge in [-0.15, -0.1) is 0 Å². The number of piperidine rings is 1. The summed E-state index contributed by atoms with van der Waals surface area (Å²) in [6.45, 7) is 6.25. The molecular weight excluding hydrogens is 474 g/mol. The van der Waals surface area contributed by atoms with Gasteiger partial charge in [0.15, 0.2) is 0 Å². The van der Waals surface area contributed by atoms with Crippen LogP contribution in [-0.2, 0) is 0 Å². The first-order valence-corrected chi connectivity index (χ1v) is 13.6. The molecular formula is C30H33N7O. The summed E-state index contributed by atoms with van der Waals surface area (Å²) >= 11 is 0. The first kappa shape index (κ1) is 23.3. The van der Waals surface area contributed by atoms with Crippen LogP contribution in [0.15, 0.2) is 60.9 Å². The van der Waals surface area contributed by atoms with E-state index in [9.17, 15) is 0 Å². The molecule has 5 aromatic rings. The van der Waals surface area contributed by atoms with Crippen molar-refractivity contribution in [1.82, 2.24) is 30.4 Å². The first-order chi connectivity index (χ1) is 18.7. The summed E-state index contributed by atoms with van der Waals surface area (Å²) < 4.78 is 6.25. The standard InChI is InChI=1S/C30H33N7O/c1-36-11-13-37(14-12-36)29-4-2-3-26-24(29)17-28(33-26)30-25-16-20(5-6-27(25)34-35-30)21-15-23(19-32-18-21)38-22-7-9-31-10-8-22/h2-6,15-19,22,31,33H,7-14H2,1H3,(H,34,35). The van der Waals surface area contributed by atoms with E-state index in [1.807, 2.05) is 12.4 Å². The zero-order valence-electron chi connectivity index (χ0n) is 21.7. The lowest BCUT2D eigenvalue weighted by atomic mass is 10.0. The van der Waals surface area contributed by atoms with Gasteiger partial charge >= 0.3 is 0 Å². The molecule has 5 heterocycles. The van der Waals surface area contributed by atoms with Crippen LogP contribution in [-0.4, -0.2) is 77.5 Å². The SMILES string of the molecule is CN1CCN(c2cccc3[nH]c(-c4n[nH]c5ccc(-c6cncc(OC7CCNCC7)c6)cc45)cc23)CC1. The fraction of sp³-hybridized carbons (Fsp3) is 0.333. The van der Waals surface area contributed by atoms with E-state index in [4.69, 9.17) is 9.84 Å². The van der Waals surface area contributed by atoms with Crippen molar-refractivity contribution in [3.63, 3.8) is 0 Å². The van der Waals surface area contributed by atoms with Gasteiger partial charge in [-0.05, 0) is 74.9 Å². The number of likely N-dealkylation sites (N-methyl/N-ethyl adjacent to an activating group) is 1.